The average Bonchev–Trinajstić information content (AvgIpc) is 2.08. The number of hydrogen-bond acceptors (Lipinski definition) is 3. The summed E-state index contributed by atoms with van der Waals surface area (Å²) in [6.45, 7) is 3.75. The number of hydrogen-bond donors (Lipinski definition) is 0. The van der Waals surface area contributed by atoms with E-state index < -0.39 is 8.80 Å². The zero-order chi connectivity index (χ0) is 8.74. The summed E-state index contributed by atoms with van der Waals surface area (Å²) in [5, 5.41) is 0. The van der Waals surface area contributed by atoms with Crippen LogP contribution in [0.15, 0.2) is 0 Å². The molecule has 0 unspecified atom stereocenters. The third-order valence-corrected chi connectivity index (χ3v) is 4.50. The summed E-state index contributed by atoms with van der Waals surface area (Å²) >= 11 is 0. The minimum absolute atomic E-state index is 0.847. The van der Waals surface area contributed by atoms with Gasteiger partial charge in [-0.15, -0.1) is 0 Å². The molecule has 0 aliphatic heterocycles. The zero-order valence-electron chi connectivity index (χ0n) is 7.55. The Bertz CT molecular complexity index is 85.4. The summed E-state index contributed by atoms with van der Waals surface area (Å²) < 4.78 is 15.6. The molecule has 11 heavy (non-hydrogen) atoms. The fourth-order valence-corrected chi connectivity index (χ4v) is 2.69. The fourth-order valence-electron chi connectivity index (χ4n) is 0.898. The quantitative estimate of drug-likeness (QED) is 0.575. The van der Waals surface area contributed by atoms with Crippen molar-refractivity contribution in [3.05, 3.63) is 6.92 Å². The molecule has 0 amide bonds. The van der Waals surface area contributed by atoms with Crippen LogP contribution < -0.4 is 0 Å². The Morgan fingerprint density at radius 3 is 1.82 bits per heavy atom. The van der Waals surface area contributed by atoms with Crippen molar-refractivity contribution in [2.45, 2.75) is 18.9 Å². The second-order valence-corrected chi connectivity index (χ2v) is 5.34. The van der Waals surface area contributed by atoms with Gasteiger partial charge >= 0.3 is 8.80 Å². The number of unbranched alkanes of at least 4 members (excludes halogenated alkanes) is 1. The molecule has 3 nitrogen and oxygen atoms in total. The van der Waals surface area contributed by atoms with Gasteiger partial charge in [-0.2, -0.15) is 0 Å². The molecule has 0 aromatic heterocycles. The van der Waals surface area contributed by atoms with E-state index in [1.54, 1.807) is 21.3 Å². The first-order chi connectivity index (χ1) is 5.24. The first-order valence-electron chi connectivity index (χ1n) is 3.69. The van der Waals surface area contributed by atoms with Crippen LogP contribution in [0.1, 0.15) is 12.8 Å². The van der Waals surface area contributed by atoms with E-state index in [9.17, 15) is 0 Å². The van der Waals surface area contributed by atoms with Crippen molar-refractivity contribution >= 4 is 8.80 Å². The lowest BCUT2D eigenvalue weighted by atomic mass is 10.4. The highest BCUT2D eigenvalue weighted by Gasteiger charge is 2.36. The van der Waals surface area contributed by atoms with Crippen LogP contribution in [0.2, 0.25) is 6.04 Å². The lowest BCUT2D eigenvalue weighted by molar-refractivity contribution is 0.123. The Morgan fingerprint density at radius 2 is 1.55 bits per heavy atom. The molecule has 0 aliphatic carbocycles. The van der Waals surface area contributed by atoms with Gasteiger partial charge in [-0.25, -0.2) is 0 Å². The minimum atomic E-state index is -2.28. The third-order valence-electron chi connectivity index (χ3n) is 1.67. The van der Waals surface area contributed by atoms with Gasteiger partial charge in [0.1, 0.15) is 0 Å². The Morgan fingerprint density at radius 1 is 1.09 bits per heavy atom. The van der Waals surface area contributed by atoms with Crippen molar-refractivity contribution < 1.29 is 13.3 Å². The Kier molecular flexibility index (Phi) is 5.76. The summed E-state index contributed by atoms with van der Waals surface area (Å²) in [5.41, 5.74) is 0. The van der Waals surface area contributed by atoms with E-state index in [1.807, 2.05) is 0 Å². The van der Waals surface area contributed by atoms with Crippen molar-refractivity contribution in [2.75, 3.05) is 21.3 Å². The van der Waals surface area contributed by atoms with Crippen molar-refractivity contribution in [3.63, 3.8) is 0 Å². The molecule has 0 atom stereocenters. The predicted molar refractivity (Wildman–Crippen MR) is 46.2 cm³/mol. The Labute approximate surface area is 70.0 Å². The van der Waals surface area contributed by atoms with E-state index in [0.717, 1.165) is 18.9 Å². The van der Waals surface area contributed by atoms with E-state index in [0.29, 0.717) is 0 Å². The van der Waals surface area contributed by atoms with E-state index in [2.05, 4.69) is 6.92 Å². The molecule has 0 saturated carbocycles. The molecule has 0 saturated heterocycles. The molecule has 0 bridgehead atoms. The number of rotatable bonds is 6. The van der Waals surface area contributed by atoms with Gasteiger partial charge in [0.2, 0.25) is 0 Å². The van der Waals surface area contributed by atoms with Gasteiger partial charge in [0, 0.05) is 27.4 Å². The largest absolute Gasteiger partial charge is 0.500 e. The minimum Gasteiger partial charge on any atom is -0.377 e. The highest BCUT2D eigenvalue weighted by atomic mass is 28.4. The van der Waals surface area contributed by atoms with Crippen molar-refractivity contribution in [2.24, 2.45) is 0 Å². The average molecular weight is 177 g/mol. The van der Waals surface area contributed by atoms with Gasteiger partial charge in [0.25, 0.3) is 0 Å². The molecule has 0 spiro atoms. The third kappa shape index (κ3) is 3.33. The van der Waals surface area contributed by atoms with Crippen LogP contribution in [-0.4, -0.2) is 30.1 Å². The first kappa shape index (κ1) is 11.1. The van der Waals surface area contributed by atoms with E-state index in [-0.39, 0.29) is 0 Å². The maximum Gasteiger partial charge on any atom is 0.500 e. The van der Waals surface area contributed by atoms with Crippen molar-refractivity contribution in [1.82, 2.24) is 0 Å². The van der Waals surface area contributed by atoms with Crippen LogP contribution >= 0.6 is 0 Å². The first-order valence-corrected chi connectivity index (χ1v) is 5.62. The lowest BCUT2D eigenvalue weighted by Crippen LogP contribution is -2.42. The molecule has 0 aromatic carbocycles. The molecule has 0 heterocycles. The maximum absolute atomic E-state index is 5.20. The van der Waals surface area contributed by atoms with Crippen molar-refractivity contribution in [1.29, 1.82) is 0 Å². The molecule has 4 heteroatoms. The second-order valence-electron chi connectivity index (χ2n) is 2.25. The highest BCUT2D eigenvalue weighted by molar-refractivity contribution is 6.60. The van der Waals surface area contributed by atoms with Gasteiger partial charge in [-0.1, -0.05) is 13.3 Å². The van der Waals surface area contributed by atoms with Crippen LogP contribution in [-0.2, 0) is 13.3 Å². The summed E-state index contributed by atoms with van der Waals surface area (Å²) in [7, 11) is 2.60. The molecular formula is C7H17O3Si. The van der Waals surface area contributed by atoms with E-state index in [1.165, 1.54) is 0 Å². The molecule has 0 fully saturated rings. The van der Waals surface area contributed by atoms with Crippen LogP contribution in [0.3, 0.4) is 0 Å². The fraction of sp³-hybridized carbons (Fsp3) is 0.857. The standard InChI is InChI=1S/C7H17O3Si/c1-5-6-7-11(8-2,9-3)10-4/h1,5-7H2,2-4H3. The van der Waals surface area contributed by atoms with Crippen LogP contribution in [0, 0.1) is 6.92 Å². The molecule has 1 radical (unpaired) electrons. The van der Waals surface area contributed by atoms with Crippen LogP contribution in [0.5, 0.6) is 0 Å². The highest BCUT2D eigenvalue weighted by Crippen LogP contribution is 2.15. The Hall–Kier alpha value is 0.0969. The topological polar surface area (TPSA) is 27.7 Å². The van der Waals surface area contributed by atoms with Crippen molar-refractivity contribution in [3.8, 4) is 0 Å². The van der Waals surface area contributed by atoms with Crippen LogP contribution in [0.4, 0.5) is 0 Å². The summed E-state index contributed by atoms with van der Waals surface area (Å²) in [6, 6.07) is 0.847. The zero-order valence-corrected chi connectivity index (χ0v) is 8.55. The molecular weight excluding hydrogens is 160 g/mol. The summed E-state index contributed by atoms with van der Waals surface area (Å²) in [6.07, 6.45) is 1.88. The van der Waals surface area contributed by atoms with E-state index >= 15 is 0 Å². The Balaban J connectivity index is 3.84. The van der Waals surface area contributed by atoms with Gasteiger partial charge < -0.3 is 13.3 Å². The molecule has 67 valence electrons. The molecule has 0 aliphatic rings. The summed E-state index contributed by atoms with van der Waals surface area (Å²) in [5.74, 6) is 0. The van der Waals surface area contributed by atoms with Gasteiger partial charge in [-0.05, 0) is 6.42 Å². The second kappa shape index (κ2) is 5.71. The summed E-state index contributed by atoms with van der Waals surface area (Å²) in [4.78, 5) is 0. The normalized spacial score (nSPS) is 12.0. The van der Waals surface area contributed by atoms with Crippen LogP contribution in [0.25, 0.3) is 0 Å². The molecule has 0 rings (SSSR count). The lowest BCUT2D eigenvalue weighted by Gasteiger charge is -2.23. The molecule has 0 N–H and O–H groups in total. The van der Waals surface area contributed by atoms with Gasteiger partial charge in [-0.3, -0.25) is 0 Å². The predicted octanol–water partition coefficient (Wildman–Crippen LogP) is 1.48. The smallest absolute Gasteiger partial charge is 0.377 e. The maximum atomic E-state index is 5.20. The molecule has 0 aromatic rings. The van der Waals surface area contributed by atoms with Gasteiger partial charge in [0.15, 0.2) is 0 Å². The monoisotopic (exact) mass is 177 g/mol. The SMILES string of the molecule is [CH2]CCC[Si](OC)(OC)OC. The van der Waals surface area contributed by atoms with Gasteiger partial charge in [0.05, 0.1) is 0 Å². The van der Waals surface area contributed by atoms with E-state index in [4.69, 9.17) is 13.3 Å².